The summed E-state index contributed by atoms with van der Waals surface area (Å²) in [4.78, 5) is 49.6. The lowest BCUT2D eigenvalue weighted by Gasteiger charge is -2.53. The molecule has 2 amide bonds. The van der Waals surface area contributed by atoms with Gasteiger partial charge in [-0.2, -0.15) is 5.21 Å². The molecule has 4 heterocycles. The number of H-pyrrole nitrogens is 1. The van der Waals surface area contributed by atoms with Gasteiger partial charge in [0.05, 0.1) is 0 Å². The molecule has 2 aliphatic heterocycles. The van der Waals surface area contributed by atoms with Crippen LogP contribution in [0.2, 0.25) is 0 Å². The van der Waals surface area contributed by atoms with Crippen LogP contribution in [0.4, 0.5) is 5.13 Å². The van der Waals surface area contributed by atoms with Crippen molar-refractivity contribution in [3.8, 4) is 0 Å². The van der Waals surface area contributed by atoms with Crippen LogP contribution in [0.15, 0.2) is 27.8 Å². The number of thioether (sulfide) groups is 2. The molecular weight excluding hydrogens is 542 g/mol. The normalized spacial score (nSPS) is 27.4. The van der Waals surface area contributed by atoms with Gasteiger partial charge < -0.3 is 25.9 Å². The van der Waals surface area contributed by atoms with E-state index in [-0.39, 0.29) is 46.6 Å². The number of rotatable bonds is 9. The molecule has 5 rings (SSSR count). The minimum Gasteiger partial charge on any atom is -0.481 e. The molecule has 0 spiro atoms. The maximum atomic E-state index is 13.2. The van der Waals surface area contributed by atoms with Gasteiger partial charge in [-0.3, -0.25) is 14.4 Å². The average Bonchev–Trinajstić information content (AvgIpc) is 3.58. The van der Waals surface area contributed by atoms with Crippen LogP contribution in [-0.4, -0.2) is 94.7 Å². The SMILES string of the molecule is Nc1nc(C(=NOC2C=CCCC2)C(=O)NC2C(=O)N3CC(CSc4nn[nH]n4)(C(=O)O)CS[C@H]23)cs1. The Hall–Kier alpha value is -3.18. The fourth-order valence-electron chi connectivity index (χ4n) is 4.12. The smallest absolute Gasteiger partial charge is 0.313 e. The number of carboxylic acids is 1. The Morgan fingerprint density at radius 1 is 1.46 bits per heavy atom. The van der Waals surface area contributed by atoms with E-state index in [1.165, 1.54) is 16.7 Å². The van der Waals surface area contributed by atoms with E-state index in [0.717, 1.165) is 42.4 Å². The first-order chi connectivity index (χ1) is 17.9. The van der Waals surface area contributed by atoms with Gasteiger partial charge in [0, 0.05) is 23.4 Å². The number of carbonyl (C=O) groups excluding carboxylic acids is 2. The van der Waals surface area contributed by atoms with E-state index in [0.29, 0.717) is 5.16 Å². The molecule has 14 nitrogen and oxygen atoms in total. The molecule has 2 aromatic heterocycles. The number of β-lactam (4-membered cyclic amide) rings is 1. The van der Waals surface area contributed by atoms with Gasteiger partial charge in [0.1, 0.15) is 28.6 Å². The maximum absolute atomic E-state index is 13.2. The van der Waals surface area contributed by atoms with Gasteiger partial charge in [0.15, 0.2) is 10.8 Å². The summed E-state index contributed by atoms with van der Waals surface area (Å²) < 4.78 is 0. The van der Waals surface area contributed by atoms with E-state index in [2.05, 4.69) is 36.1 Å². The number of tetrazole rings is 1. The molecule has 2 saturated heterocycles. The first-order valence-electron chi connectivity index (χ1n) is 11.3. The third-order valence-electron chi connectivity index (χ3n) is 6.16. The highest BCUT2D eigenvalue weighted by atomic mass is 32.2. The van der Waals surface area contributed by atoms with Crippen LogP contribution in [0.5, 0.6) is 0 Å². The van der Waals surface area contributed by atoms with Crippen LogP contribution in [0.25, 0.3) is 0 Å². The summed E-state index contributed by atoms with van der Waals surface area (Å²) in [5, 5.41) is 32.0. The number of amides is 2. The Bertz CT molecular complexity index is 1240. The van der Waals surface area contributed by atoms with E-state index in [1.807, 2.05) is 12.2 Å². The lowest BCUT2D eigenvalue weighted by Crippen LogP contribution is -2.74. The topological polar surface area (TPSA) is 202 Å². The van der Waals surface area contributed by atoms with Gasteiger partial charge in [0.25, 0.3) is 5.91 Å². The molecule has 0 aromatic carbocycles. The average molecular weight is 566 g/mol. The third-order valence-corrected chi connectivity index (χ3v) is 9.55. The number of fused-ring (bicyclic) bond motifs is 1. The van der Waals surface area contributed by atoms with Crippen molar-refractivity contribution in [3.05, 3.63) is 23.2 Å². The van der Waals surface area contributed by atoms with Crippen molar-refractivity contribution in [1.82, 2.24) is 35.8 Å². The second-order valence-corrected chi connectivity index (χ2v) is 11.6. The summed E-state index contributed by atoms with van der Waals surface area (Å²) >= 11 is 3.62. The molecule has 37 heavy (non-hydrogen) atoms. The molecule has 0 saturated carbocycles. The van der Waals surface area contributed by atoms with Crippen LogP contribution < -0.4 is 11.1 Å². The van der Waals surface area contributed by atoms with E-state index in [4.69, 9.17) is 10.6 Å². The highest BCUT2D eigenvalue weighted by Gasteiger charge is 2.57. The molecule has 2 aromatic rings. The second-order valence-electron chi connectivity index (χ2n) is 8.70. The standard InChI is InChI=1S/C20H23N9O5S3/c21-18-22-11(6-35-18)12(26-34-10-4-2-1-3-5-10)14(30)23-13-15(31)29-7-20(17(32)33,8-36-16(13)29)9-37-19-24-27-28-25-19/h2,4,6,10,13,16H,1,3,5,7-9H2,(H2,21,22)(H,23,30)(H,32,33)(H,24,25,27,28)/t10?,13?,16-,20?/m1/s1. The number of nitrogen functional groups attached to an aromatic ring is 1. The highest BCUT2D eigenvalue weighted by molar-refractivity contribution is 8.00. The van der Waals surface area contributed by atoms with Gasteiger partial charge in [-0.1, -0.05) is 23.0 Å². The Kier molecular flexibility index (Phi) is 7.34. The number of thiazole rings is 1. The number of aromatic amines is 1. The molecule has 5 N–H and O–H groups in total. The molecule has 3 unspecified atom stereocenters. The number of carboxylic acid groups (broad SMARTS) is 1. The molecule has 2 fully saturated rings. The first kappa shape index (κ1) is 25.5. The zero-order valence-corrected chi connectivity index (χ0v) is 21.7. The van der Waals surface area contributed by atoms with E-state index < -0.39 is 28.7 Å². The van der Waals surface area contributed by atoms with Crippen molar-refractivity contribution in [2.75, 3.05) is 23.8 Å². The molecule has 4 atom stereocenters. The Labute approximate surface area is 222 Å². The van der Waals surface area contributed by atoms with Crippen LogP contribution in [-0.2, 0) is 19.2 Å². The Balaban J connectivity index is 1.26. The van der Waals surface area contributed by atoms with Crippen molar-refractivity contribution in [2.24, 2.45) is 10.6 Å². The van der Waals surface area contributed by atoms with Gasteiger partial charge in [-0.15, -0.1) is 33.3 Å². The molecule has 3 aliphatic rings. The molecular formula is C20H23N9O5S3. The fourth-order valence-corrected chi connectivity index (χ4v) is 7.27. The number of hydrogen-bond acceptors (Lipinski definition) is 13. The summed E-state index contributed by atoms with van der Waals surface area (Å²) in [6, 6.07) is -0.829. The number of nitrogens with zero attached hydrogens (tertiary/aromatic N) is 6. The maximum Gasteiger partial charge on any atom is 0.313 e. The minimum absolute atomic E-state index is 0.0107. The predicted octanol–water partition coefficient (Wildman–Crippen LogP) is 0.331. The summed E-state index contributed by atoms with van der Waals surface area (Å²) in [7, 11) is 0. The highest BCUT2D eigenvalue weighted by Crippen LogP contribution is 2.44. The number of nitrogens with one attached hydrogen (secondary N) is 2. The lowest BCUT2D eigenvalue weighted by molar-refractivity contribution is -0.157. The zero-order valence-electron chi connectivity index (χ0n) is 19.3. The fraction of sp³-hybridized carbons (Fsp3) is 0.500. The van der Waals surface area contributed by atoms with Crippen molar-refractivity contribution in [1.29, 1.82) is 0 Å². The summed E-state index contributed by atoms with van der Waals surface area (Å²) in [6.07, 6.45) is 6.35. The van der Waals surface area contributed by atoms with E-state index in [1.54, 1.807) is 5.38 Å². The van der Waals surface area contributed by atoms with Gasteiger partial charge in [-0.05, 0) is 30.6 Å². The molecule has 0 radical (unpaired) electrons. The lowest BCUT2D eigenvalue weighted by atomic mass is 9.89. The Morgan fingerprint density at radius 3 is 3.00 bits per heavy atom. The summed E-state index contributed by atoms with van der Waals surface area (Å²) in [5.41, 5.74) is 4.74. The predicted molar refractivity (Wildman–Crippen MR) is 136 cm³/mol. The van der Waals surface area contributed by atoms with Crippen LogP contribution in [0.1, 0.15) is 25.0 Å². The van der Waals surface area contributed by atoms with Gasteiger partial charge in [-0.25, -0.2) is 4.98 Å². The second kappa shape index (κ2) is 10.7. The largest absolute Gasteiger partial charge is 0.481 e. The molecule has 1 aliphatic carbocycles. The molecule has 196 valence electrons. The van der Waals surface area contributed by atoms with Crippen LogP contribution >= 0.6 is 34.9 Å². The van der Waals surface area contributed by atoms with Crippen LogP contribution in [0.3, 0.4) is 0 Å². The van der Waals surface area contributed by atoms with E-state index in [9.17, 15) is 19.5 Å². The van der Waals surface area contributed by atoms with Crippen molar-refractivity contribution in [3.63, 3.8) is 0 Å². The molecule has 0 bridgehead atoms. The number of allylic oxidation sites excluding steroid dienone is 1. The first-order valence-corrected chi connectivity index (χ1v) is 14.2. The quantitative estimate of drug-likeness (QED) is 0.107. The number of aliphatic carboxylic acids is 1. The van der Waals surface area contributed by atoms with E-state index >= 15 is 0 Å². The van der Waals surface area contributed by atoms with Crippen molar-refractivity contribution in [2.45, 2.75) is 41.9 Å². The number of aromatic nitrogens is 5. The van der Waals surface area contributed by atoms with Gasteiger partial charge >= 0.3 is 5.97 Å². The summed E-state index contributed by atoms with van der Waals surface area (Å²) in [6.45, 7) is 0.0107. The van der Waals surface area contributed by atoms with Crippen molar-refractivity contribution >= 4 is 63.5 Å². The summed E-state index contributed by atoms with van der Waals surface area (Å²) in [5.74, 6) is -1.59. The Morgan fingerprint density at radius 2 is 2.32 bits per heavy atom. The van der Waals surface area contributed by atoms with Crippen molar-refractivity contribution < 1.29 is 24.3 Å². The molecule has 17 heteroatoms. The minimum atomic E-state index is -1.19. The number of oxime groups is 1. The third kappa shape index (κ3) is 5.28. The van der Waals surface area contributed by atoms with Gasteiger partial charge in [0.2, 0.25) is 11.1 Å². The zero-order chi connectivity index (χ0) is 26.0. The monoisotopic (exact) mass is 565 g/mol. The number of nitrogens with two attached hydrogens (primary N) is 1. The number of hydrogen-bond donors (Lipinski definition) is 4. The number of anilines is 1. The number of carbonyl (C=O) groups is 3. The van der Waals surface area contributed by atoms with Crippen LogP contribution in [0, 0.1) is 5.41 Å².